The summed E-state index contributed by atoms with van der Waals surface area (Å²) in [4.78, 5) is 2.06. The Morgan fingerprint density at radius 2 is 1.83 bits per heavy atom. The molecule has 3 nitrogen and oxygen atoms in total. The van der Waals surface area contributed by atoms with Gasteiger partial charge in [-0.2, -0.15) is 18.4 Å². The SMILES string of the molecule is Cl.Cl.N#CC[C@@H](c1cc(Br)cc(C(F)(F)F)c1)N1CCNCC1. The van der Waals surface area contributed by atoms with Gasteiger partial charge in [-0.05, 0) is 23.8 Å². The molecule has 130 valence electrons. The van der Waals surface area contributed by atoms with Crippen molar-refractivity contribution in [1.29, 1.82) is 5.26 Å². The monoisotopic (exact) mass is 433 g/mol. The lowest BCUT2D eigenvalue weighted by Crippen LogP contribution is -2.45. The Morgan fingerprint density at radius 3 is 2.35 bits per heavy atom. The van der Waals surface area contributed by atoms with Gasteiger partial charge in [0, 0.05) is 36.7 Å². The van der Waals surface area contributed by atoms with E-state index in [0.717, 1.165) is 38.3 Å². The molecule has 0 spiro atoms. The third-order valence-corrected chi connectivity index (χ3v) is 3.97. The van der Waals surface area contributed by atoms with Crippen LogP contribution in [0, 0.1) is 11.3 Å². The van der Waals surface area contributed by atoms with Crippen LogP contribution in [0.1, 0.15) is 23.6 Å². The number of alkyl halides is 3. The average molecular weight is 435 g/mol. The van der Waals surface area contributed by atoms with Crippen LogP contribution >= 0.6 is 40.7 Å². The zero-order valence-corrected chi connectivity index (χ0v) is 15.3. The number of nitriles is 1. The zero-order chi connectivity index (χ0) is 15.5. The van der Waals surface area contributed by atoms with Crippen LogP contribution in [0.25, 0.3) is 0 Å². The summed E-state index contributed by atoms with van der Waals surface area (Å²) in [6, 6.07) is 5.65. The molecular weight excluding hydrogens is 418 g/mol. The Bertz CT molecular complexity index is 543. The van der Waals surface area contributed by atoms with Gasteiger partial charge in [0.1, 0.15) is 0 Å². The summed E-state index contributed by atoms with van der Waals surface area (Å²) in [6.45, 7) is 3.00. The van der Waals surface area contributed by atoms with E-state index in [1.165, 1.54) is 0 Å². The van der Waals surface area contributed by atoms with Crippen LogP contribution in [0.15, 0.2) is 22.7 Å². The van der Waals surface area contributed by atoms with Crippen molar-refractivity contribution in [2.75, 3.05) is 26.2 Å². The predicted molar refractivity (Wildman–Crippen MR) is 91.1 cm³/mol. The van der Waals surface area contributed by atoms with E-state index in [1.807, 2.05) is 0 Å². The lowest BCUT2D eigenvalue weighted by Gasteiger charge is -2.34. The third kappa shape index (κ3) is 6.12. The minimum Gasteiger partial charge on any atom is -0.314 e. The highest BCUT2D eigenvalue weighted by molar-refractivity contribution is 9.10. The largest absolute Gasteiger partial charge is 0.416 e. The first-order valence-electron chi connectivity index (χ1n) is 6.61. The van der Waals surface area contributed by atoms with Crippen molar-refractivity contribution in [1.82, 2.24) is 10.2 Å². The van der Waals surface area contributed by atoms with E-state index in [4.69, 9.17) is 5.26 Å². The molecule has 23 heavy (non-hydrogen) atoms. The maximum absolute atomic E-state index is 12.9. The first kappa shape index (κ1) is 22.5. The summed E-state index contributed by atoms with van der Waals surface area (Å²) < 4.78 is 39.2. The highest BCUT2D eigenvalue weighted by Crippen LogP contribution is 2.35. The molecule has 0 aromatic heterocycles. The summed E-state index contributed by atoms with van der Waals surface area (Å²) in [5.41, 5.74) is -0.162. The van der Waals surface area contributed by atoms with Crippen LogP contribution < -0.4 is 5.32 Å². The van der Waals surface area contributed by atoms with E-state index in [9.17, 15) is 13.2 Å². The second kappa shape index (κ2) is 9.70. The molecule has 2 rings (SSSR count). The van der Waals surface area contributed by atoms with E-state index in [2.05, 4.69) is 32.2 Å². The average Bonchev–Trinajstić information content (AvgIpc) is 2.44. The van der Waals surface area contributed by atoms with Gasteiger partial charge in [-0.25, -0.2) is 0 Å². The standard InChI is InChI=1S/C14H15BrF3N3.2ClH/c15-12-8-10(7-11(9-12)14(16,17)18)13(1-2-19)21-5-3-20-4-6-21;;/h7-9,13,20H,1,3-6H2;2*1H/t13-;;/m0../s1. The molecule has 9 heteroatoms. The van der Waals surface area contributed by atoms with Crippen molar-refractivity contribution in [3.05, 3.63) is 33.8 Å². The summed E-state index contributed by atoms with van der Waals surface area (Å²) in [6.07, 6.45) is -4.22. The smallest absolute Gasteiger partial charge is 0.314 e. The van der Waals surface area contributed by atoms with Gasteiger partial charge in [0.2, 0.25) is 0 Å². The van der Waals surface area contributed by atoms with Crippen LogP contribution in [-0.2, 0) is 6.18 Å². The third-order valence-electron chi connectivity index (χ3n) is 3.51. The minimum absolute atomic E-state index is 0. The lowest BCUT2D eigenvalue weighted by molar-refractivity contribution is -0.137. The van der Waals surface area contributed by atoms with Crippen LogP contribution in [0.3, 0.4) is 0 Å². The summed E-state index contributed by atoms with van der Waals surface area (Å²) >= 11 is 3.14. The molecule has 0 unspecified atom stereocenters. The Kier molecular flexibility index (Phi) is 9.48. The molecule has 0 aliphatic carbocycles. The Labute approximate surface area is 154 Å². The van der Waals surface area contributed by atoms with Gasteiger partial charge in [-0.1, -0.05) is 15.9 Å². The maximum atomic E-state index is 12.9. The summed E-state index contributed by atoms with van der Waals surface area (Å²) in [5, 5.41) is 12.2. The van der Waals surface area contributed by atoms with E-state index in [1.54, 1.807) is 6.07 Å². The van der Waals surface area contributed by atoms with Crippen molar-refractivity contribution in [3.8, 4) is 6.07 Å². The number of piperazine rings is 1. The molecule has 1 aromatic rings. The van der Waals surface area contributed by atoms with Gasteiger partial charge < -0.3 is 5.32 Å². The molecule has 0 bridgehead atoms. The minimum atomic E-state index is -4.39. The molecule has 0 saturated carbocycles. The number of hydrogen-bond donors (Lipinski definition) is 1. The highest BCUT2D eigenvalue weighted by Gasteiger charge is 2.32. The molecule has 1 N–H and O–H groups in total. The molecule has 1 aromatic carbocycles. The second-order valence-corrected chi connectivity index (χ2v) is 5.85. The fourth-order valence-corrected chi connectivity index (χ4v) is 3.02. The maximum Gasteiger partial charge on any atom is 0.416 e. The van der Waals surface area contributed by atoms with Crippen LogP contribution in [0.5, 0.6) is 0 Å². The fraction of sp³-hybridized carbons (Fsp3) is 0.500. The Morgan fingerprint density at radius 1 is 1.22 bits per heavy atom. The van der Waals surface area contributed by atoms with Gasteiger partial charge in [0.05, 0.1) is 18.1 Å². The number of hydrogen-bond acceptors (Lipinski definition) is 3. The summed E-state index contributed by atoms with van der Waals surface area (Å²) in [7, 11) is 0. The molecule has 1 heterocycles. The van der Waals surface area contributed by atoms with Crippen molar-refractivity contribution in [2.24, 2.45) is 0 Å². The Balaban J connectivity index is 0.00000242. The lowest BCUT2D eigenvalue weighted by atomic mass is 9.99. The van der Waals surface area contributed by atoms with E-state index < -0.39 is 11.7 Å². The van der Waals surface area contributed by atoms with Gasteiger partial charge >= 0.3 is 6.18 Å². The number of benzene rings is 1. The molecule has 0 amide bonds. The molecule has 1 aliphatic heterocycles. The Hall–Kier alpha value is -0.520. The van der Waals surface area contributed by atoms with Crippen molar-refractivity contribution in [2.45, 2.75) is 18.6 Å². The molecule has 1 fully saturated rings. The number of nitrogens with zero attached hydrogens (tertiary/aromatic N) is 2. The second-order valence-electron chi connectivity index (χ2n) is 4.94. The first-order chi connectivity index (χ1) is 9.91. The molecular formula is C14H17BrCl2F3N3. The first-order valence-corrected chi connectivity index (χ1v) is 7.40. The summed E-state index contributed by atoms with van der Waals surface area (Å²) in [5.74, 6) is 0. The van der Waals surface area contributed by atoms with E-state index >= 15 is 0 Å². The van der Waals surface area contributed by atoms with E-state index in [0.29, 0.717) is 10.0 Å². The number of halogens is 6. The molecule has 0 radical (unpaired) electrons. The van der Waals surface area contributed by atoms with Gasteiger partial charge in [0.15, 0.2) is 0 Å². The normalized spacial score (nSPS) is 16.7. The van der Waals surface area contributed by atoms with Gasteiger partial charge in [0.25, 0.3) is 0 Å². The topological polar surface area (TPSA) is 39.1 Å². The van der Waals surface area contributed by atoms with Crippen LogP contribution in [-0.4, -0.2) is 31.1 Å². The van der Waals surface area contributed by atoms with E-state index in [-0.39, 0.29) is 37.3 Å². The van der Waals surface area contributed by atoms with Crippen LogP contribution in [0.4, 0.5) is 13.2 Å². The van der Waals surface area contributed by atoms with Crippen molar-refractivity contribution < 1.29 is 13.2 Å². The fourth-order valence-electron chi connectivity index (χ4n) is 2.51. The zero-order valence-electron chi connectivity index (χ0n) is 12.1. The molecule has 1 saturated heterocycles. The van der Waals surface area contributed by atoms with Gasteiger partial charge in [-0.3, -0.25) is 4.90 Å². The van der Waals surface area contributed by atoms with Crippen molar-refractivity contribution in [3.63, 3.8) is 0 Å². The quantitative estimate of drug-likeness (QED) is 0.775. The van der Waals surface area contributed by atoms with Crippen LogP contribution in [0.2, 0.25) is 0 Å². The molecule has 1 atom stereocenters. The predicted octanol–water partition coefficient (Wildman–Crippen LogP) is 4.17. The highest BCUT2D eigenvalue weighted by atomic mass is 79.9. The van der Waals surface area contributed by atoms with Gasteiger partial charge in [-0.15, -0.1) is 24.8 Å². The number of nitrogens with one attached hydrogen (secondary N) is 1. The molecule has 1 aliphatic rings. The van der Waals surface area contributed by atoms with Crippen molar-refractivity contribution >= 4 is 40.7 Å². The number of rotatable bonds is 3.